The second kappa shape index (κ2) is 3.14. The van der Waals surface area contributed by atoms with E-state index in [4.69, 9.17) is 0 Å². The number of aromatic nitrogens is 2. The van der Waals surface area contributed by atoms with Gasteiger partial charge in [-0.15, -0.1) is 0 Å². The van der Waals surface area contributed by atoms with Crippen molar-refractivity contribution in [3.8, 4) is 0 Å². The van der Waals surface area contributed by atoms with Gasteiger partial charge in [0.15, 0.2) is 7.85 Å². The number of hydrogen-bond acceptors (Lipinski definition) is 3. The molecule has 0 aromatic carbocycles. The first kappa shape index (κ1) is 8.20. The van der Waals surface area contributed by atoms with E-state index in [1.54, 1.807) is 0 Å². The van der Waals surface area contributed by atoms with Gasteiger partial charge in [0.1, 0.15) is 4.60 Å². The lowest BCUT2D eigenvalue weighted by atomic mass is 10.1. The van der Waals surface area contributed by atoms with Gasteiger partial charge in [-0.3, -0.25) is 0 Å². The number of nitrogens with one attached hydrogen (secondary N) is 1. The topological polar surface area (TPSA) is 37.8 Å². The molecule has 12 heavy (non-hydrogen) atoms. The molecule has 0 aliphatic carbocycles. The minimum Gasteiger partial charge on any atom is -0.312 e. The highest BCUT2D eigenvalue weighted by Crippen LogP contribution is 2.17. The van der Waals surface area contributed by atoms with Crippen molar-refractivity contribution < 1.29 is 0 Å². The van der Waals surface area contributed by atoms with Gasteiger partial charge < -0.3 is 5.32 Å². The fourth-order valence-electron chi connectivity index (χ4n) is 1.42. The fourth-order valence-corrected chi connectivity index (χ4v) is 2.04. The van der Waals surface area contributed by atoms with Crippen LogP contribution in [0.25, 0.3) is 0 Å². The van der Waals surface area contributed by atoms with Gasteiger partial charge in [-0.1, -0.05) is 0 Å². The Bertz CT molecular complexity index is 316. The van der Waals surface area contributed by atoms with Crippen LogP contribution in [-0.2, 0) is 13.0 Å². The van der Waals surface area contributed by atoms with Gasteiger partial charge in [0.2, 0.25) is 0 Å². The number of rotatable bonds is 0. The molecule has 2 rings (SSSR count). The molecule has 1 aliphatic heterocycles. The fraction of sp³-hybridized carbons (Fsp3) is 0.429. The molecule has 0 unspecified atom stereocenters. The van der Waals surface area contributed by atoms with Crippen LogP contribution in [0.2, 0.25) is 0 Å². The molecular weight excluding hydrogens is 217 g/mol. The van der Waals surface area contributed by atoms with Crippen molar-refractivity contribution in [2.24, 2.45) is 0 Å². The molecule has 3 nitrogen and oxygen atoms in total. The molecule has 1 aromatic heterocycles. The van der Waals surface area contributed by atoms with E-state index >= 15 is 0 Å². The summed E-state index contributed by atoms with van der Waals surface area (Å²) in [6.07, 6.45) is 1.01. The van der Waals surface area contributed by atoms with Crippen molar-refractivity contribution in [2.75, 3.05) is 6.54 Å². The highest BCUT2D eigenvalue weighted by Gasteiger charge is 2.13. The van der Waals surface area contributed by atoms with Crippen LogP contribution >= 0.6 is 15.9 Å². The summed E-state index contributed by atoms with van der Waals surface area (Å²) >= 11 is 3.44. The molecule has 0 saturated heterocycles. The Labute approximate surface area is 80.5 Å². The maximum absolute atomic E-state index is 4.39. The lowest BCUT2D eigenvalue weighted by Crippen LogP contribution is -2.29. The molecule has 0 fully saturated rings. The largest absolute Gasteiger partial charge is 0.312 e. The highest BCUT2D eigenvalue weighted by atomic mass is 79.9. The lowest BCUT2D eigenvalue weighted by Gasteiger charge is -2.17. The zero-order valence-corrected chi connectivity index (χ0v) is 8.48. The summed E-state index contributed by atoms with van der Waals surface area (Å²) < 4.78 is 0.942. The zero-order chi connectivity index (χ0) is 8.55. The molecule has 1 aliphatic rings. The van der Waals surface area contributed by atoms with E-state index in [1.165, 1.54) is 11.3 Å². The van der Waals surface area contributed by atoms with Crippen LogP contribution in [0, 0.1) is 0 Å². The van der Waals surface area contributed by atoms with Crippen LogP contribution in [0.5, 0.6) is 0 Å². The summed E-state index contributed by atoms with van der Waals surface area (Å²) in [5, 5.41) is 3.29. The minimum absolute atomic E-state index is 0.850. The maximum atomic E-state index is 4.39. The molecule has 0 bridgehead atoms. The third-order valence-electron chi connectivity index (χ3n) is 1.99. The van der Waals surface area contributed by atoms with E-state index in [0.717, 1.165) is 29.8 Å². The van der Waals surface area contributed by atoms with Crippen molar-refractivity contribution in [2.45, 2.75) is 13.0 Å². The molecule has 0 saturated carbocycles. The Morgan fingerprint density at radius 1 is 1.42 bits per heavy atom. The molecule has 0 atom stereocenters. The predicted molar refractivity (Wildman–Crippen MR) is 53.3 cm³/mol. The molecule has 5 heteroatoms. The van der Waals surface area contributed by atoms with Gasteiger partial charge in [-0.2, -0.15) is 0 Å². The number of halogens is 1. The monoisotopic (exact) mass is 225 g/mol. The molecule has 62 valence electrons. The first-order valence-corrected chi connectivity index (χ1v) is 4.79. The van der Waals surface area contributed by atoms with Gasteiger partial charge in [-0.25, -0.2) is 9.97 Å². The van der Waals surface area contributed by atoms with Crippen molar-refractivity contribution in [1.82, 2.24) is 15.3 Å². The van der Waals surface area contributed by atoms with Crippen LogP contribution in [0.4, 0.5) is 0 Å². The SMILES string of the molecule is Bc1nc(Br)c2c(n1)CCNC2. The van der Waals surface area contributed by atoms with Crippen LogP contribution < -0.4 is 11.0 Å². The summed E-state index contributed by atoms with van der Waals surface area (Å²) in [7, 11) is 1.92. The average Bonchev–Trinajstić information content (AvgIpc) is 2.04. The Hall–Kier alpha value is -0.415. The molecule has 2 heterocycles. The average molecular weight is 226 g/mol. The highest BCUT2D eigenvalue weighted by molar-refractivity contribution is 9.10. The van der Waals surface area contributed by atoms with Crippen molar-refractivity contribution in [1.29, 1.82) is 0 Å². The third-order valence-corrected chi connectivity index (χ3v) is 2.65. The molecule has 1 N–H and O–H groups in total. The van der Waals surface area contributed by atoms with Gasteiger partial charge >= 0.3 is 0 Å². The van der Waals surface area contributed by atoms with Gasteiger partial charge in [0.05, 0.1) is 5.72 Å². The van der Waals surface area contributed by atoms with Crippen LogP contribution in [0.3, 0.4) is 0 Å². The number of nitrogens with zero attached hydrogens (tertiary/aromatic N) is 2. The smallest absolute Gasteiger partial charge is 0.189 e. The van der Waals surface area contributed by atoms with E-state index in [1.807, 2.05) is 7.85 Å². The second-order valence-electron chi connectivity index (χ2n) is 2.91. The van der Waals surface area contributed by atoms with E-state index in [2.05, 4.69) is 31.2 Å². The molecule has 0 radical (unpaired) electrons. The van der Waals surface area contributed by atoms with Crippen molar-refractivity contribution >= 4 is 29.5 Å². The van der Waals surface area contributed by atoms with Crippen molar-refractivity contribution in [3.63, 3.8) is 0 Å². The summed E-state index contributed by atoms with van der Waals surface area (Å²) in [6, 6.07) is 0. The molecule has 0 spiro atoms. The second-order valence-corrected chi connectivity index (χ2v) is 3.66. The summed E-state index contributed by atoms with van der Waals surface area (Å²) in [4.78, 5) is 8.65. The maximum Gasteiger partial charge on any atom is 0.189 e. The Morgan fingerprint density at radius 3 is 3.08 bits per heavy atom. The van der Waals surface area contributed by atoms with Gasteiger partial charge in [-0.05, 0) is 15.9 Å². The van der Waals surface area contributed by atoms with Crippen LogP contribution in [0.15, 0.2) is 4.60 Å². The number of hydrogen-bond donors (Lipinski definition) is 1. The van der Waals surface area contributed by atoms with Gasteiger partial charge in [0, 0.05) is 30.8 Å². The first-order valence-electron chi connectivity index (χ1n) is 4.00. The normalized spacial score (nSPS) is 15.8. The Kier molecular flexibility index (Phi) is 2.15. The van der Waals surface area contributed by atoms with Crippen LogP contribution in [0.1, 0.15) is 11.3 Å². The standard InChI is InChI=1S/C7H9BBrN3/c8-7-11-5-1-2-10-3-4(5)6(9)12-7/h10H,1-3,8H2. The van der Waals surface area contributed by atoms with E-state index in [0.29, 0.717) is 0 Å². The molecular formula is C7H9BBrN3. The summed E-state index contributed by atoms with van der Waals surface area (Å²) in [5.74, 6) is 0. The molecule has 0 amide bonds. The third kappa shape index (κ3) is 1.38. The Morgan fingerprint density at radius 2 is 2.25 bits per heavy atom. The summed E-state index contributed by atoms with van der Waals surface area (Å²) in [5.41, 5.74) is 3.25. The summed E-state index contributed by atoms with van der Waals surface area (Å²) in [6.45, 7) is 1.91. The Balaban J connectivity index is 2.53. The lowest BCUT2D eigenvalue weighted by molar-refractivity contribution is 0.624. The predicted octanol–water partition coefficient (Wildman–Crippen LogP) is -0.857. The van der Waals surface area contributed by atoms with Crippen LogP contribution in [-0.4, -0.2) is 24.4 Å². The van der Waals surface area contributed by atoms with E-state index in [9.17, 15) is 0 Å². The number of fused-ring (bicyclic) bond motifs is 1. The van der Waals surface area contributed by atoms with E-state index in [-0.39, 0.29) is 0 Å². The first-order chi connectivity index (χ1) is 5.77. The minimum atomic E-state index is 0.850. The molecule has 1 aromatic rings. The van der Waals surface area contributed by atoms with E-state index < -0.39 is 0 Å². The zero-order valence-electron chi connectivity index (χ0n) is 6.89. The quantitative estimate of drug-likeness (QED) is 0.462. The van der Waals surface area contributed by atoms with Gasteiger partial charge in [0.25, 0.3) is 0 Å². The van der Waals surface area contributed by atoms with Crippen molar-refractivity contribution in [3.05, 3.63) is 15.9 Å².